The molecule has 100 valence electrons. The van der Waals surface area contributed by atoms with Crippen LogP contribution in [0.2, 0.25) is 0 Å². The van der Waals surface area contributed by atoms with Crippen LogP contribution < -0.4 is 10.1 Å². The fourth-order valence-corrected chi connectivity index (χ4v) is 2.06. The molecular formula is C16H19NO2. The number of phenolic OH excluding ortho intramolecular Hbond substituents is 1. The smallest absolute Gasteiger partial charge is 0.121 e. The molecule has 2 N–H and O–H groups in total. The minimum atomic E-state index is 0.174. The maximum Gasteiger partial charge on any atom is 0.121 e. The predicted octanol–water partition coefficient (Wildman–Crippen LogP) is 3.88. The molecule has 2 aromatic rings. The second kappa shape index (κ2) is 5.65. The molecular weight excluding hydrogens is 238 g/mol. The van der Waals surface area contributed by atoms with Gasteiger partial charge in [0.2, 0.25) is 0 Å². The summed E-state index contributed by atoms with van der Waals surface area (Å²) >= 11 is 0. The van der Waals surface area contributed by atoms with E-state index < -0.39 is 0 Å². The molecule has 0 saturated heterocycles. The van der Waals surface area contributed by atoms with Gasteiger partial charge in [0.05, 0.1) is 7.11 Å². The van der Waals surface area contributed by atoms with Crippen LogP contribution in [-0.4, -0.2) is 12.2 Å². The zero-order valence-electron chi connectivity index (χ0n) is 11.5. The summed E-state index contributed by atoms with van der Waals surface area (Å²) in [6.45, 7) is 4.11. The molecule has 0 radical (unpaired) electrons. The van der Waals surface area contributed by atoms with Gasteiger partial charge in [-0.3, -0.25) is 0 Å². The summed E-state index contributed by atoms with van der Waals surface area (Å²) in [6, 6.07) is 13.4. The van der Waals surface area contributed by atoms with Crippen molar-refractivity contribution in [1.29, 1.82) is 0 Å². The van der Waals surface area contributed by atoms with Crippen molar-refractivity contribution >= 4 is 5.69 Å². The summed E-state index contributed by atoms with van der Waals surface area (Å²) in [7, 11) is 1.68. The van der Waals surface area contributed by atoms with Crippen LogP contribution >= 0.6 is 0 Å². The Morgan fingerprint density at radius 2 is 1.79 bits per heavy atom. The molecule has 0 saturated carbocycles. The molecule has 0 heterocycles. The first kappa shape index (κ1) is 13.3. The maximum atomic E-state index is 9.29. The monoisotopic (exact) mass is 257 g/mol. The summed E-state index contributed by atoms with van der Waals surface area (Å²) in [4.78, 5) is 0. The average Bonchev–Trinajstić information content (AvgIpc) is 2.39. The van der Waals surface area contributed by atoms with Crippen LogP contribution in [0.1, 0.15) is 24.1 Å². The highest BCUT2D eigenvalue weighted by molar-refractivity contribution is 5.52. The number of anilines is 1. The Hall–Kier alpha value is -2.16. The molecule has 0 aliphatic carbocycles. The Labute approximate surface area is 113 Å². The number of benzene rings is 2. The molecule has 0 bridgehead atoms. The Bertz CT molecular complexity index is 549. The minimum Gasteiger partial charge on any atom is -0.508 e. The predicted molar refractivity (Wildman–Crippen MR) is 77.9 cm³/mol. The largest absolute Gasteiger partial charge is 0.508 e. The number of aromatic hydroxyl groups is 1. The lowest BCUT2D eigenvalue weighted by atomic mass is 10.1. The Balaban J connectivity index is 2.12. The fourth-order valence-electron chi connectivity index (χ4n) is 2.06. The number of methoxy groups -OCH3 is 1. The lowest BCUT2D eigenvalue weighted by Gasteiger charge is -2.17. The number of hydrogen-bond acceptors (Lipinski definition) is 3. The van der Waals surface area contributed by atoms with Gasteiger partial charge in [-0.15, -0.1) is 0 Å². The molecule has 3 heteroatoms. The van der Waals surface area contributed by atoms with Crippen molar-refractivity contribution in [2.45, 2.75) is 19.9 Å². The van der Waals surface area contributed by atoms with Crippen LogP contribution in [0, 0.1) is 6.92 Å². The standard InChI is InChI=1S/C16H19NO2/c1-11-10-14(6-9-16(11)19-3)17-12(2)13-4-7-15(18)8-5-13/h4-10,12,17-18H,1-3H3. The van der Waals surface area contributed by atoms with Crippen molar-refractivity contribution in [1.82, 2.24) is 0 Å². The highest BCUT2D eigenvalue weighted by Gasteiger charge is 2.06. The molecule has 0 aromatic heterocycles. The third-order valence-electron chi connectivity index (χ3n) is 3.17. The molecule has 0 fully saturated rings. The van der Waals surface area contributed by atoms with E-state index in [1.807, 2.05) is 31.2 Å². The average molecular weight is 257 g/mol. The van der Waals surface area contributed by atoms with Gasteiger partial charge in [0.25, 0.3) is 0 Å². The van der Waals surface area contributed by atoms with Crippen LogP contribution in [-0.2, 0) is 0 Å². The van der Waals surface area contributed by atoms with Crippen molar-refractivity contribution in [3.63, 3.8) is 0 Å². The summed E-state index contributed by atoms with van der Waals surface area (Å²) in [5.41, 5.74) is 3.29. The molecule has 3 nitrogen and oxygen atoms in total. The molecule has 2 aromatic carbocycles. The molecule has 0 amide bonds. The van der Waals surface area contributed by atoms with Crippen molar-refractivity contribution in [2.75, 3.05) is 12.4 Å². The normalized spacial score (nSPS) is 11.9. The molecule has 1 unspecified atom stereocenters. The SMILES string of the molecule is COc1ccc(NC(C)c2ccc(O)cc2)cc1C. The summed E-state index contributed by atoms with van der Waals surface area (Å²) < 4.78 is 5.25. The van der Waals surface area contributed by atoms with E-state index in [0.29, 0.717) is 0 Å². The first-order valence-electron chi connectivity index (χ1n) is 6.30. The molecule has 0 aliphatic rings. The van der Waals surface area contributed by atoms with E-state index in [1.165, 1.54) is 0 Å². The van der Waals surface area contributed by atoms with E-state index in [-0.39, 0.29) is 11.8 Å². The van der Waals surface area contributed by atoms with Gasteiger partial charge in [-0.1, -0.05) is 12.1 Å². The number of hydrogen-bond donors (Lipinski definition) is 2. The maximum absolute atomic E-state index is 9.29. The molecule has 1 atom stereocenters. The quantitative estimate of drug-likeness (QED) is 0.873. The third kappa shape index (κ3) is 3.19. The van der Waals surface area contributed by atoms with Gasteiger partial charge in [0.1, 0.15) is 11.5 Å². The number of nitrogens with one attached hydrogen (secondary N) is 1. The van der Waals surface area contributed by atoms with Crippen molar-refractivity contribution in [3.05, 3.63) is 53.6 Å². The van der Waals surface area contributed by atoms with Gasteiger partial charge < -0.3 is 15.2 Å². The first-order valence-corrected chi connectivity index (χ1v) is 6.30. The van der Waals surface area contributed by atoms with Crippen LogP contribution in [0.15, 0.2) is 42.5 Å². The first-order chi connectivity index (χ1) is 9.10. The van der Waals surface area contributed by atoms with Gasteiger partial charge in [0, 0.05) is 11.7 Å². The number of phenols is 1. The van der Waals surface area contributed by atoms with Crippen molar-refractivity contribution in [3.8, 4) is 11.5 Å². The van der Waals surface area contributed by atoms with E-state index in [9.17, 15) is 5.11 Å². The second-order valence-electron chi connectivity index (χ2n) is 4.64. The zero-order valence-corrected chi connectivity index (χ0v) is 11.5. The molecule has 0 aliphatic heterocycles. The topological polar surface area (TPSA) is 41.5 Å². The highest BCUT2D eigenvalue weighted by atomic mass is 16.5. The molecule has 19 heavy (non-hydrogen) atoms. The zero-order chi connectivity index (χ0) is 13.8. The lowest BCUT2D eigenvalue weighted by Crippen LogP contribution is -2.06. The second-order valence-corrected chi connectivity index (χ2v) is 4.64. The Morgan fingerprint density at radius 3 is 2.37 bits per heavy atom. The molecule has 2 rings (SSSR count). The van der Waals surface area contributed by atoms with E-state index in [2.05, 4.69) is 18.3 Å². The summed E-state index contributed by atoms with van der Waals surface area (Å²) in [6.07, 6.45) is 0. The Kier molecular flexibility index (Phi) is 3.95. The van der Waals surface area contributed by atoms with Gasteiger partial charge in [-0.25, -0.2) is 0 Å². The third-order valence-corrected chi connectivity index (χ3v) is 3.17. The van der Waals surface area contributed by atoms with Gasteiger partial charge in [0.15, 0.2) is 0 Å². The summed E-state index contributed by atoms with van der Waals surface area (Å²) in [5, 5.41) is 12.7. The number of ether oxygens (including phenoxy) is 1. The Morgan fingerprint density at radius 1 is 1.11 bits per heavy atom. The number of aryl methyl sites for hydroxylation is 1. The van der Waals surface area contributed by atoms with Crippen LogP contribution in [0.3, 0.4) is 0 Å². The van der Waals surface area contributed by atoms with Crippen LogP contribution in [0.5, 0.6) is 11.5 Å². The minimum absolute atomic E-state index is 0.174. The van der Waals surface area contributed by atoms with Crippen molar-refractivity contribution in [2.24, 2.45) is 0 Å². The van der Waals surface area contributed by atoms with Gasteiger partial charge in [-0.05, 0) is 55.3 Å². The lowest BCUT2D eigenvalue weighted by molar-refractivity contribution is 0.412. The van der Waals surface area contributed by atoms with Crippen LogP contribution in [0.25, 0.3) is 0 Å². The van der Waals surface area contributed by atoms with Crippen molar-refractivity contribution < 1.29 is 9.84 Å². The van der Waals surface area contributed by atoms with E-state index in [1.54, 1.807) is 19.2 Å². The molecule has 0 spiro atoms. The summed E-state index contributed by atoms with van der Waals surface area (Å²) in [5.74, 6) is 1.18. The van der Waals surface area contributed by atoms with E-state index in [4.69, 9.17) is 4.74 Å². The van der Waals surface area contributed by atoms with E-state index in [0.717, 1.165) is 22.6 Å². The van der Waals surface area contributed by atoms with Gasteiger partial charge in [-0.2, -0.15) is 0 Å². The highest BCUT2D eigenvalue weighted by Crippen LogP contribution is 2.25. The van der Waals surface area contributed by atoms with E-state index >= 15 is 0 Å². The van der Waals surface area contributed by atoms with Crippen LogP contribution in [0.4, 0.5) is 5.69 Å². The number of rotatable bonds is 4. The fraction of sp³-hybridized carbons (Fsp3) is 0.250. The van der Waals surface area contributed by atoms with Gasteiger partial charge >= 0.3 is 0 Å².